The van der Waals surface area contributed by atoms with Crippen LogP contribution >= 0.6 is 11.3 Å². The average Bonchev–Trinajstić information content (AvgIpc) is 3.59. The zero-order valence-electron chi connectivity index (χ0n) is 20.5. The molecule has 1 atom stereocenters. The number of carbonyl (C=O) groups is 3. The summed E-state index contributed by atoms with van der Waals surface area (Å²) < 4.78 is 22.8. The summed E-state index contributed by atoms with van der Waals surface area (Å²) in [6.07, 6.45) is 1.31. The lowest BCUT2D eigenvalue weighted by Gasteiger charge is -2.14. The van der Waals surface area contributed by atoms with Crippen LogP contribution in [0.2, 0.25) is 0 Å². The van der Waals surface area contributed by atoms with Crippen LogP contribution < -0.4 is 10.5 Å². The number of nitrogens with zero attached hydrogens (tertiary/aromatic N) is 2. The molecule has 4 aromatic rings. The van der Waals surface area contributed by atoms with E-state index in [0.717, 1.165) is 11.1 Å². The van der Waals surface area contributed by atoms with Gasteiger partial charge < -0.3 is 29.3 Å². The highest BCUT2D eigenvalue weighted by Gasteiger charge is 2.29. The zero-order chi connectivity index (χ0) is 26.3. The standard InChI is InChI=1S/C26H25N3O7S/c1-13(2)22-21(25(31)36-26(27)32)16-5-4-14(10-19(16)35-22)34-18-6-8-28-17-11-20(37-23(17)18)24(30)29-9-7-15(12-29)33-3/h4-6,8,10-11,13,15H,7,9,12H2,1-3H3,(H2,27,32). The van der Waals surface area contributed by atoms with E-state index in [-0.39, 0.29) is 23.5 Å². The highest BCUT2D eigenvalue weighted by Crippen LogP contribution is 2.38. The number of benzene rings is 1. The maximum atomic E-state index is 13.0. The Labute approximate surface area is 215 Å². The van der Waals surface area contributed by atoms with E-state index in [0.29, 0.717) is 51.7 Å². The fraction of sp³-hybridized carbons (Fsp3) is 0.308. The molecule has 2 amide bonds. The fourth-order valence-corrected chi connectivity index (χ4v) is 5.44. The molecule has 192 valence electrons. The topological polar surface area (TPSA) is 134 Å². The summed E-state index contributed by atoms with van der Waals surface area (Å²) in [6.45, 7) is 4.93. The number of pyridine rings is 1. The van der Waals surface area contributed by atoms with E-state index < -0.39 is 12.1 Å². The molecule has 4 heterocycles. The van der Waals surface area contributed by atoms with E-state index in [2.05, 4.69) is 9.72 Å². The van der Waals surface area contributed by atoms with Crippen LogP contribution in [0.1, 0.15) is 52.0 Å². The molecule has 1 unspecified atom stereocenters. The smallest absolute Gasteiger partial charge is 0.412 e. The monoisotopic (exact) mass is 523 g/mol. The molecule has 1 fully saturated rings. The molecule has 11 heteroatoms. The van der Waals surface area contributed by atoms with Gasteiger partial charge in [0.15, 0.2) is 0 Å². The molecule has 37 heavy (non-hydrogen) atoms. The molecule has 0 radical (unpaired) electrons. The molecular formula is C26H25N3O7S. The summed E-state index contributed by atoms with van der Waals surface area (Å²) in [5.74, 6) is 0.302. The van der Waals surface area contributed by atoms with Crippen LogP contribution in [0.5, 0.6) is 11.5 Å². The van der Waals surface area contributed by atoms with Crippen LogP contribution in [0.15, 0.2) is 40.9 Å². The summed E-state index contributed by atoms with van der Waals surface area (Å²) in [5, 5.41) is 0.478. The van der Waals surface area contributed by atoms with Gasteiger partial charge in [0.25, 0.3) is 5.91 Å². The number of fused-ring (bicyclic) bond motifs is 2. The third-order valence-corrected chi connectivity index (χ3v) is 7.32. The Bertz CT molecular complexity index is 1520. The van der Waals surface area contributed by atoms with Gasteiger partial charge in [0.2, 0.25) is 0 Å². The third-order valence-electron chi connectivity index (χ3n) is 6.19. The number of hydrogen-bond donors (Lipinski definition) is 1. The van der Waals surface area contributed by atoms with Crippen LogP contribution in [0.25, 0.3) is 21.2 Å². The van der Waals surface area contributed by atoms with Crippen molar-refractivity contribution in [1.82, 2.24) is 9.88 Å². The van der Waals surface area contributed by atoms with Crippen molar-refractivity contribution < 1.29 is 33.0 Å². The molecule has 0 aliphatic carbocycles. The molecule has 1 saturated heterocycles. The number of furan rings is 1. The quantitative estimate of drug-likeness (QED) is 0.274. The highest BCUT2D eigenvalue weighted by molar-refractivity contribution is 7.21. The van der Waals surface area contributed by atoms with E-state index >= 15 is 0 Å². The minimum Gasteiger partial charge on any atom is -0.460 e. The Morgan fingerprint density at radius 2 is 2.03 bits per heavy atom. The number of ether oxygens (including phenoxy) is 3. The number of amides is 2. The molecular weight excluding hydrogens is 498 g/mol. The summed E-state index contributed by atoms with van der Waals surface area (Å²) in [4.78, 5) is 43.4. The van der Waals surface area contributed by atoms with E-state index in [1.807, 2.05) is 13.8 Å². The first kappa shape index (κ1) is 24.7. The zero-order valence-corrected chi connectivity index (χ0v) is 21.3. The van der Waals surface area contributed by atoms with Gasteiger partial charge in [0.1, 0.15) is 28.4 Å². The van der Waals surface area contributed by atoms with Crippen LogP contribution in [-0.2, 0) is 9.47 Å². The second-order valence-electron chi connectivity index (χ2n) is 9.00. The number of carbonyl (C=O) groups excluding carboxylic acids is 3. The van der Waals surface area contributed by atoms with Crippen molar-refractivity contribution in [2.24, 2.45) is 5.73 Å². The van der Waals surface area contributed by atoms with Crippen LogP contribution in [0, 0.1) is 0 Å². The van der Waals surface area contributed by atoms with Crippen molar-refractivity contribution in [3.05, 3.63) is 52.7 Å². The molecule has 3 aromatic heterocycles. The van der Waals surface area contributed by atoms with Gasteiger partial charge in [-0.15, -0.1) is 11.3 Å². The minimum atomic E-state index is -1.19. The van der Waals surface area contributed by atoms with Gasteiger partial charge in [-0.1, -0.05) is 13.8 Å². The SMILES string of the molecule is COC1CCN(C(=O)c2cc3nccc(Oc4ccc5c(C(=O)OC(N)=O)c(C(C)C)oc5c4)c3s2)C1. The Hall–Kier alpha value is -3.96. The maximum absolute atomic E-state index is 13.0. The summed E-state index contributed by atoms with van der Waals surface area (Å²) in [6, 6.07) is 8.51. The Kier molecular flexibility index (Phi) is 6.57. The van der Waals surface area contributed by atoms with Gasteiger partial charge in [-0.25, -0.2) is 9.59 Å². The van der Waals surface area contributed by atoms with Crippen molar-refractivity contribution in [3.63, 3.8) is 0 Å². The highest BCUT2D eigenvalue weighted by atomic mass is 32.1. The van der Waals surface area contributed by atoms with Crippen LogP contribution in [-0.4, -0.2) is 54.2 Å². The Balaban J connectivity index is 1.45. The summed E-state index contributed by atoms with van der Waals surface area (Å²) >= 11 is 1.32. The normalized spacial score (nSPS) is 15.6. The van der Waals surface area contributed by atoms with Gasteiger partial charge in [0, 0.05) is 49.8 Å². The predicted molar refractivity (Wildman–Crippen MR) is 136 cm³/mol. The number of nitrogens with two attached hydrogens (primary N) is 1. The summed E-state index contributed by atoms with van der Waals surface area (Å²) in [7, 11) is 1.66. The lowest BCUT2D eigenvalue weighted by atomic mass is 10.0. The second-order valence-corrected chi connectivity index (χ2v) is 10.0. The lowest BCUT2D eigenvalue weighted by Crippen LogP contribution is -2.29. The first-order valence-electron chi connectivity index (χ1n) is 11.7. The molecule has 0 saturated carbocycles. The number of esters is 1. The number of thiophene rings is 1. The fourth-order valence-electron chi connectivity index (χ4n) is 4.41. The first-order chi connectivity index (χ1) is 17.7. The van der Waals surface area contributed by atoms with Gasteiger partial charge >= 0.3 is 12.1 Å². The van der Waals surface area contributed by atoms with Crippen molar-refractivity contribution in [2.45, 2.75) is 32.3 Å². The number of aromatic nitrogens is 1. The van der Waals surface area contributed by atoms with E-state index in [1.54, 1.807) is 48.5 Å². The maximum Gasteiger partial charge on any atom is 0.412 e. The number of primary amides is 1. The van der Waals surface area contributed by atoms with Crippen molar-refractivity contribution >= 4 is 50.5 Å². The van der Waals surface area contributed by atoms with Gasteiger partial charge in [-0.05, 0) is 24.6 Å². The first-order valence-corrected chi connectivity index (χ1v) is 12.5. The third kappa shape index (κ3) is 4.75. The largest absolute Gasteiger partial charge is 0.460 e. The number of likely N-dealkylation sites (tertiary alicyclic amines) is 1. The molecule has 1 aromatic carbocycles. The average molecular weight is 524 g/mol. The van der Waals surface area contributed by atoms with Crippen molar-refractivity contribution in [2.75, 3.05) is 20.2 Å². The molecule has 1 aliphatic heterocycles. The number of hydrogen-bond acceptors (Lipinski definition) is 9. The van der Waals surface area contributed by atoms with E-state index in [1.165, 1.54) is 11.3 Å². The predicted octanol–water partition coefficient (Wildman–Crippen LogP) is 5.05. The molecule has 10 nitrogen and oxygen atoms in total. The number of rotatable bonds is 6. The van der Waals surface area contributed by atoms with E-state index in [4.69, 9.17) is 19.6 Å². The molecule has 0 bridgehead atoms. The van der Waals surface area contributed by atoms with Crippen molar-refractivity contribution in [3.8, 4) is 11.5 Å². The molecule has 0 spiro atoms. The molecule has 2 N–H and O–H groups in total. The van der Waals surface area contributed by atoms with Crippen molar-refractivity contribution in [1.29, 1.82) is 0 Å². The lowest BCUT2D eigenvalue weighted by molar-refractivity contribution is 0.0636. The molecule has 5 rings (SSSR count). The summed E-state index contributed by atoms with van der Waals surface area (Å²) in [5.41, 5.74) is 6.23. The van der Waals surface area contributed by atoms with Crippen LogP contribution in [0.4, 0.5) is 4.79 Å². The van der Waals surface area contributed by atoms with E-state index in [9.17, 15) is 14.4 Å². The minimum absolute atomic E-state index is 0.0536. The van der Waals surface area contributed by atoms with Gasteiger partial charge in [-0.2, -0.15) is 0 Å². The Morgan fingerprint density at radius 1 is 1.22 bits per heavy atom. The Morgan fingerprint density at radius 3 is 2.73 bits per heavy atom. The van der Waals surface area contributed by atoms with Crippen LogP contribution in [0.3, 0.4) is 0 Å². The van der Waals surface area contributed by atoms with Gasteiger partial charge in [0.05, 0.1) is 21.2 Å². The number of methoxy groups -OCH3 is 1. The molecule has 1 aliphatic rings. The van der Waals surface area contributed by atoms with Gasteiger partial charge in [-0.3, -0.25) is 9.78 Å². The second kappa shape index (κ2) is 9.83.